The predicted octanol–water partition coefficient (Wildman–Crippen LogP) is 2.89. The molecule has 1 N–H and O–H groups in total. The van der Waals surface area contributed by atoms with Crippen molar-refractivity contribution in [1.82, 2.24) is 10.2 Å². The smallest absolute Gasteiger partial charge is 0.0244 e. The topological polar surface area (TPSA) is 15.3 Å². The van der Waals surface area contributed by atoms with E-state index in [0.717, 1.165) is 12.0 Å². The molecule has 2 aliphatic rings. The minimum absolute atomic E-state index is 0.657. The minimum Gasteiger partial charge on any atom is -0.314 e. The molecule has 2 fully saturated rings. The lowest BCUT2D eigenvalue weighted by atomic mass is 9.82. The van der Waals surface area contributed by atoms with Crippen molar-refractivity contribution in [2.45, 2.75) is 58.9 Å². The summed E-state index contributed by atoms with van der Waals surface area (Å²) in [6, 6.07) is 0.757. The molecule has 1 atom stereocenters. The highest BCUT2D eigenvalue weighted by atomic mass is 15.2. The highest BCUT2D eigenvalue weighted by Crippen LogP contribution is 2.42. The summed E-state index contributed by atoms with van der Waals surface area (Å²) in [5.74, 6) is 0.776. The van der Waals surface area contributed by atoms with Crippen LogP contribution >= 0.6 is 0 Å². The molecule has 1 aliphatic heterocycles. The van der Waals surface area contributed by atoms with Crippen molar-refractivity contribution >= 4 is 0 Å². The summed E-state index contributed by atoms with van der Waals surface area (Å²) in [6.07, 6.45) is 7.25. The van der Waals surface area contributed by atoms with Crippen molar-refractivity contribution in [2.24, 2.45) is 11.3 Å². The molecule has 17 heavy (non-hydrogen) atoms. The van der Waals surface area contributed by atoms with Crippen LogP contribution in [0.3, 0.4) is 0 Å². The number of hydrogen-bond donors (Lipinski definition) is 1. The number of nitrogens with zero attached hydrogens (tertiary/aromatic N) is 1. The van der Waals surface area contributed by atoms with E-state index in [2.05, 4.69) is 31.0 Å². The third kappa shape index (κ3) is 3.03. The molecule has 100 valence electrons. The molecule has 1 saturated carbocycles. The molecule has 0 bridgehead atoms. The largest absolute Gasteiger partial charge is 0.314 e. The van der Waals surface area contributed by atoms with Crippen LogP contribution in [0.2, 0.25) is 0 Å². The quantitative estimate of drug-likeness (QED) is 0.810. The molecule has 0 amide bonds. The molecular formula is C15H30N2. The van der Waals surface area contributed by atoms with Crippen molar-refractivity contribution in [2.75, 3.05) is 26.2 Å². The Morgan fingerprint density at radius 1 is 1.29 bits per heavy atom. The first-order chi connectivity index (χ1) is 8.17. The first kappa shape index (κ1) is 13.4. The Bertz CT molecular complexity index is 231. The van der Waals surface area contributed by atoms with Gasteiger partial charge < -0.3 is 5.32 Å². The Morgan fingerprint density at radius 2 is 2.00 bits per heavy atom. The van der Waals surface area contributed by atoms with E-state index in [1.807, 2.05) is 0 Å². The molecule has 1 aliphatic carbocycles. The lowest BCUT2D eigenvalue weighted by Crippen LogP contribution is -2.56. The fourth-order valence-electron chi connectivity index (χ4n) is 3.80. The second-order valence-corrected chi connectivity index (χ2v) is 6.55. The van der Waals surface area contributed by atoms with Gasteiger partial charge in [0, 0.05) is 32.2 Å². The average molecular weight is 238 g/mol. The van der Waals surface area contributed by atoms with Gasteiger partial charge in [0.1, 0.15) is 0 Å². The van der Waals surface area contributed by atoms with Crippen LogP contribution in [0.4, 0.5) is 0 Å². The molecule has 2 rings (SSSR count). The average Bonchev–Trinajstić information content (AvgIpc) is 2.79. The first-order valence-corrected chi connectivity index (χ1v) is 7.62. The van der Waals surface area contributed by atoms with Crippen LogP contribution in [-0.2, 0) is 0 Å². The summed E-state index contributed by atoms with van der Waals surface area (Å²) in [6.45, 7) is 12.1. The van der Waals surface area contributed by atoms with Crippen LogP contribution in [0.1, 0.15) is 52.9 Å². The minimum atomic E-state index is 0.657. The van der Waals surface area contributed by atoms with Gasteiger partial charge in [-0.3, -0.25) is 4.90 Å². The fourth-order valence-corrected chi connectivity index (χ4v) is 3.80. The summed E-state index contributed by atoms with van der Waals surface area (Å²) in [4.78, 5) is 2.79. The predicted molar refractivity (Wildman–Crippen MR) is 74.3 cm³/mol. The number of hydrogen-bond acceptors (Lipinski definition) is 2. The molecular weight excluding hydrogens is 208 g/mol. The zero-order valence-corrected chi connectivity index (χ0v) is 12.0. The molecule has 0 radical (unpaired) electrons. The first-order valence-electron chi connectivity index (χ1n) is 7.62. The van der Waals surface area contributed by atoms with E-state index in [9.17, 15) is 0 Å². The Kier molecular flexibility index (Phi) is 4.48. The van der Waals surface area contributed by atoms with Crippen LogP contribution in [-0.4, -0.2) is 37.1 Å². The van der Waals surface area contributed by atoms with Gasteiger partial charge >= 0.3 is 0 Å². The molecule has 0 aromatic carbocycles. The van der Waals surface area contributed by atoms with Gasteiger partial charge in [-0.05, 0) is 30.6 Å². The van der Waals surface area contributed by atoms with Crippen molar-refractivity contribution < 1.29 is 0 Å². The second-order valence-electron chi connectivity index (χ2n) is 6.55. The van der Waals surface area contributed by atoms with E-state index in [1.54, 1.807) is 0 Å². The van der Waals surface area contributed by atoms with Crippen molar-refractivity contribution in [1.29, 1.82) is 0 Å². The number of rotatable bonds is 4. The van der Waals surface area contributed by atoms with Gasteiger partial charge in [-0.1, -0.05) is 33.6 Å². The van der Waals surface area contributed by atoms with Crippen molar-refractivity contribution in [3.05, 3.63) is 0 Å². The zero-order chi connectivity index (χ0) is 12.3. The van der Waals surface area contributed by atoms with E-state index < -0.39 is 0 Å². The Morgan fingerprint density at radius 3 is 2.59 bits per heavy atom. The molecule has 0 aromatic rings. The third-order valence-corrected chi connectivity index (χ3v) is 5.12. The van der Waals surface area contributed by atoms with E-state index >= 15 is 0 Å². The monoisotopic (exact) mass is 238 g/mol. The van der Waals surface area contributed by atoms with Gasteiger partial charge in [-0.2, -0.15) is 0 Å². The summed E-state index contributed by atoms with van der Waals surface area (Å²) in [7, 11) is 0. The van der Waals surface area contributed by atoms with Crippen LogP contribution in [0.15, 0.2) is 0 Å². The molecule has 0 aromatic heterocycles. The normalized spacial score (nSPS) is 30.0. The lowest BCUT2D eigenvalue weighted by Gasteiger charge is -2.43. The summed E-state index contributed by atoms with van der Waals surface area (Å²) >= 11 is 0. The van der Waals surface area contributed by atoms with Gasteiger partial charge in [0.05, 0.1) is 0 Å². The van der Waals surface area contributed by atoms with E-state index in [4.69, 9.17) is 0 Å². The van der Waals surface area contributed by atoms with Crippen LogP contribution in [0, 0.1) is 11.3 Å². The Balaban J connectivity index is 1.99. The van der Waals surface area contributed by atoms with Crippen LogP contribution in [0.5, 0.6) is 0 Å². The third-order valence-electron chi connectivity index (χ3n) is 5.12. The summed E-state index contributed by atoms with van der Waals surface area (Å²) in [5.41, 5.74) is 0.657. The SMILES string of the molecule is CCC1(CN2CCNCC2C(C)C)CCCC1. The number of nitrogens with one attached hydrogen (secondary N) is 1. The van der Waals surface area contributed by atoms with Gasteiger partial charge in [0.25, 0.3) is 0 Å². The second kappa shape index (κ2) is 5.71. The van der Waals surface area contributed by atoms with E-state index in [0.29, 0.717) is 5.41 Å². The van der Waals surface area contributed by atoms with E-state index in [1.165, 1.54) is 58.3 Å². The van der Waals surface area contributed by atoms with Gasteiger partial charge in [-0.25, -0.2) is 0 Å². The van der Waals surface area contributed by atoms with Gasteiger partial charge in [-0.15, -0.1) is 0 Å². The maximum atomic E-state index is 3.56. The molecule has 1 saturated heterocycles. The zero-order valence-electron chi connectivity index (χ0n) is 12.0. The fraction of sp³-hybridized carbons (Fsp3) is 1.00. The van der Waals surface area contributed by atoms with Crippen molar-refractivity contribution in [3.8, 4) is 0 Å². The standard InChI is InChI=1S/C15H30N2/c1-4-15(7-5-6-8-15)12-17-10-9-16-11-14(17)13(2)3/h13-14,16H,4-12H2,1-3H3. The van der Waals surface area contributed by atoms with Crippen LogP contribution < -0.4 is 5.32 Å². The highest BCUT2D eigenvalue weighted by Gasteiger charge is 2.36. The van der Waals surface area contributed by atoms with Gasteiger partial charge in [0.15, 0.2) is 0 Å². The molecule has 2 heteroatoms. The summed E-state index contributed by atoms with van der Waals surface area (Å²) < 4.78 is 0. The van der Waals surface area contributed by atoms with Gasteiger partial charge in [0.2, 0.25) is 0 Å². The Hall–Kier alpha value is -0.0800. The summed E-state index contributed by atoms with van der Waals surface area (Å²) in [5, 5.41) is 3.56. The molecule has 1 unspecified atom stereocenters. The number of piperazine rings is 1. The molecule has 2 nitrogen and oxygen atoms in total. The van der Waals surface area contributed by atoms with Crippen molar-refractivity contribution in [3.63, 3.8) is 0 Å². The molecule has 0 spiro atoms. The van der Waals surface area contributed by atoms with Crippen LogP contribution in [0.25, 0.3) is 0 Å². The molecule has 1 heterocycles. The lowest BCUT2D eigenvalue weighted by molar-refractivity contribution is 0.0660. The maximum absolute atomic E-state index is 3.56. The highest BCUT2D eigenvalue weighted by molar-refractivity contribution is 4.91. The Labute approximate surface area is 107 Å². The maximum Gasteiger partial charge on any atom is 0.0244 e. The van der Waals surface area contributed by atoms with E-state index in [-0.39, 0.29) is 0 Å².